The van der Waals surface area contributed by atoms with E-state index in [1.807, 2.05) is 0 Å². The molecule has 0 aromatic heterocycles. The number of amides is 1. The van der Waals surface area contributed by atoms with Crippen molar-refractivity contribution in [3.05, 3.63) is 35.9 Å². The number of benzene rings is 1. The summed E-state index contributed by atoms with van der Waals surface area (Å²) in [6.07, 6.45) is 0. The summed E-state index contributed by atoms with van der Waals surface area (Å²) < 4.78 is 10.4. The van der Waals surface area contributed by atoms with E-state index < -0.39 is 23.3 Å². The molecule has 0 saturated carbocycles. The first kappa shape index (κ1) is 18.5. The molecule has 0 heterocycles. The first-order valence-corrected chi connectivity index (χ1v) is 7.06. The van der Waals surface area contributed by atoms with Crippen LogP contribution in [0.15, 0.2) is 30.4 Å². The van der Waals surface area contributed by atoms with Crippen LogP contribution in [0.4, 0.5) is 0 Å². The second kappa shape index (κ2) is 7.17. The van der Waals surface area contributed by atoms with E-state index >= 15 is 0 Å². The van der Waals surface area contributed by atoms with Crippen LogP contribution >= 0.6 is 0 Å². The average Bonchev–Trinajstić information content (AvgIpc) is 2.50. The van der Waals surface area contributed by atoms with Crippen molar-refractivity contribution in [2.24, 2.45) is 0 Å². The number of methoxy groups -OCH3 is 2. The summed E-state index contributed by atoms with van der Waals surface area (Å²) in [4.78, 5) is 23.5. The number of ether oxygens (including phenoxy) is 2. The predicted molar refractivity (Wildman–Crippen MR) is 87.0 cm³/mol. The van der Waals surface area contributed by atoms with Crippen LogP contribution in [0.1, 0.15) is 26.3 Å². The van der Waals surface area contributed by atoms with Crippen molar-refractivity contribution < 1.29 is 24.2 Å². The van der Waals surface area contributed by atoms with Gasteiger partial charge in [-0.3, -0.25) is 4.79 Å². The second-order valence-corrected chi connectivity index (χ2v) is 5.82. The Hall–Kier alpha value is -2.50. The molecular weight excluding hydrogens is 298 g/mol. The Kier molecular flexibility index (Phi) is 5.79. The quantitative estimate of drug-likeness (QED) is 0.752. The van der Waals surface area contributed by atoms with Gasteiger partial charge in [-0.15, -0.1) is 0 Å². The molecule has 1 aromatic carbocycles. The van der Waals surface area contributed by atoms with Crippen LogP contribution < -0.4 is 14.8 Å². The summed E-state index contributed by atoms with van der Waals surface area (Å²) in [5.74, 6) is -0.580. The molecule has 1 rings (SSSR count). The van der Waals surface area contributed by atoms with Gasteiger partial charge in [0.15, 0.2) is 11.5 Å². The third-order valence-corrected chi connectivity index (χ3v) is 3.76. The number of hydrogen-bond donors (Lipinski definition) is 2. The van der Waals surface area contributed by atoms with E-state index in [2.05, 4.69) is 11.9 Å². The van der Waals surface area contributed by atoms with Gasteiger partial charge in [-0.1, -0.05) is 26.5 Å². The van der Waals surface area contributed by atoms with E-state index in [0.717, 1.165) is 0 Å². The van der Waals surface area contributed by atoms with Gasteiger partial charge in [-0.05, 0) is 24.6 Å². The molecule has 23 heavy (non-hydrogen) atoms. The molecule has 2 N–H and O–H groups in total. The lowest BCUT2D eigenvalue weighted by Crippen LogP contribution is -2.52. The number of aliphatic carboxylic acids is 1. The molecular formula is C17H23NO5. The minimum absolute atomic E-state index is 0.249. The molecule has 6 heteroatoms. The Morgan fingerprint density at radius 2 is 1.78 bits per heavy atom. The van der Waals surface area contributed by atoms with Gasteiger partial charge >= 0.3 is 5.97 Å². The average molecular weight is 321 g/mol. The van der Waals surface area contributed by atoms with Crippen molar-refractivity contribution in [3.8, 4) is 11.5 Å². The van der Waals surface area contributed by atoms with Gasteiger partial charge in [0.1, 0.15) is 6.04 Å². The van der Waals surface area contributed by atoms with Crippen molar-refractivity contribution in [1.82, 2.24) is 5.32 Å². The number of carboxylic acids is 1. The molecule has 0 fully saturated rings. The monoisotopic (exact) mass is 321 g/mol. The first-order chi connectivity index (χ1) is 10.6. The van der Waals surface area contributed by atoms with Gasteiger partial charge in [0.25, 0.3) is 0 Å². The summed E-state index contributed by atoms with van der Waals surface area (Å²) in [7, 11) is 3.03. The smallest absolute Gasteiger partial charge is 0.327 e. The lowest BCUT2D eigenvalue weighted by Gasteiger charge is -2.33. The maximum absolute atomic E-state index is 11.8. The van der Waals surface area contributed by atoms with Gasteiger partial charge in [0.2, 0.25) is 5.91 Å². The Morgan fingerprint density at radius 1 is 1.22 bits per heavy atom. The minimum atomic E-state index is -1.13. The number of hydrogen-bond acceptors (Lipinski definition) is 4. The zero-order valence-corrected chi connectivity index (χ0v) is 14.1. The number of carbonyl (C=O) groups excluding carboxylic acids is 1. The van der Waals surface area contributed by atoms with Crippen molar-refractivity contribution in [3.63, 3.8) is 0 Å². The van der Waals surface area contributed by atoms with Gasteiger partial charge in [0, 0.05) is 11.0 Å². The molecule has 0 aliphatic carbocycles. The molecule has 0 aliphatic heterocycles. The van der Waals surface area contributed by atoms with Gasteiger partial charge in [-0.25, -0.2) is 4.79 Å². The molecule has 0 aliphatic rings. The normalized spacial score (nSPS) is 12.2. The van der Waals surface area contributed by atoms with Crippen LogP contribution in [0.2, 0.25) is 0 Å². The number of carbonyl (C=O) groups is 2. The second-order valence-electron chi connectivity index (χ2n) is 5.82. The molecule has 0 bridgehead atoms. The maximum atomic E-state index is 11.8. The minimum Gasteiger partial charge on any atom is -0.493 e. The summed E-state index contributed by atoms with van der Waals surface area (Å²) in [6, 6.07) is 4.05. The Balaban J connectivity index is 3.26. The highest BCUT2D eigenvalue weighted by molar-refractivity contribution is 5.95. The van der Waals surface area contributed by atoms with E-state index in [1.165, 1.54) is 21.1 Å². The number of rotatable bonds is 7. The zero-order chi connectivity index (χ0) is 17.8. The molecule has 1 unspecified atom stereocenters. The lowest BCUT2D eigenvalue weighted by molar-refractivity contribution is -0.143. The summed E-state index contributed by atoms with van der Waals surface area (Å²) in [6.45, 7) is 8.54. The highest BCUT2D eigenvalue weighted by atomic mass is 16.5. The Bertz CT molecular complexity index is 621. The van der Waals surface area contributed by atoms with Crippen molar-refractivity contribution in [2.75, 3.05) is 14.2 Å². The highest BCUT2D eigenvalue weighted by Crippen LogP contribution is 2.35. The molecule has 6 nitrogen and oxygen atoms in total. The molecule has 126 valence electrons. The highest BCUT2D eigenvalue weighted by Gasteiger charge is 2.38. The van der Waals surface area contributed by atoms with E-state index in [9.17, 15) is 14.7 Å². The fourth-order valence-electron chi connectivity index (χ4n) is 2.21. The summed E-state index contributed by atoms with van der Waals surface area (Å²) in [5.41, 5.74) is 0.0696. The van der Waals surface area contributed by atoms with E-state index in [-0.39, 0.29) is 5.57 Å². The van der Waals surface area contributed by atoms with E-state index in [0.29, 0.717) is 17.1 Å². The van der Waals surface area contributed by atoms with E-state index in [1.54, 1.807) is 32.0 Å². The van der Waals surface area contributed by atoms with Gasteiger partial charge < -0.3 is 19.9 Å². The van der Waals surface area contributed by atoms with Crippen LogP contribution in [0, 0.1) is 0 Å². The van der Waals surface area contributed by atoms with Crippen LogP contribution in [-0.2, 0) is 15.0 Å². The van der Waals surface area contributed by atoms with Crippen molar-refractivity contribution >= 4 is 11.9 Å². The lowest BCUT2D eigenvalue weighted by atomic mass is 9.77. The SMILES string of the molecule is C=C(C)C(=O)NC(C(=O)O)C(C)(C)c1ccc(OC)c(OC)c1. The van der Waals surface area contributed by atoms with Crippen LogP contribution in [0.5, 0.6) is 11.5 Å². The van der Waals surface area contributed by atoms with Crippen LogP contribution in [0.3, 0.4) is 0 Å². The standard InChI is InChI=1S/C17H23NO5/c1-10(2)15(19)18-14(16(20)21)17(3,4)11-7-8-12(22-5)13(9-11)23-6/h7-9,14H,1H2,2-6H3,(H,18,19)(H,20,21). The van der Waals surface area contributed by atoms with Crippen molar-refractivity contribution in [1.29, 1.82) is 0 Å². The fraction of sp³-hybridized carbons (Fsp3) is 0.412. The maximum Gasteiger partial charge on any atom is 0.327 e. The van der Waals surface area contributed by atoms with E-state index in [4.69, 9.17) is 9.47 Å². The largest absolute Gasteiger partial charge is 0.493 e. The molecule has 1 aromatic rings. The molecule has 0 spiro atoms. The Morgan fingerprint density at radius 3 is 2.22 bits per heavy atom. The predicted octanol–water partition coefficient (Wildman–Crippen LogP) is 2.13. The summed E-state index contributed by atoms with van der Waals surface area (Å²) in [5, 5.41) is 12.0. The summed E-state index contributed by atoms with van der Waals surface area (Å²) >= 11 is 0. The zero-order valence-electron chi connectivity index (χ0n) is 14.1. The van der Waals surface area contributed by atoms with Crippen molar-refractivity contribution in [2.45, 2.75) is 32.2 Å². The Labute approximate surface area is 136 Å². The van der Waals surface area contributed by atoms with Gasteiger partial charge in [0.05, 0.1) is 14.2 Å². The fourth-order valence-corrected chi connectivity index (χ4v) is 2.21. The third-order valence-electron chi connectivity index (χ3n) is 3.76. The first-order valence-electron chi connectivity index (χ1n) is 7.06. The molecule has 1 atom stereocenters. The molecule has 0 radical (unpaired) electrons. The number of nitrogens with one attached hydrogen (secondary N) is 1. The third kappa shape index (κ3) is 4.03. The van der Waals surface area contributed by atoms with Gasteiger partial charge in [-0.2, -0.15) is 0 Å². The number of carboxylic acid groups (broad SMARTS) is 1. The topological polar surface area (TPSA) is 84.9 Å². The van der Waals surface area contributed by atoms with Crippen LogP contribution in [-0.4, -0.2) is 37.2 Å². The molecule has 1 amide bonds. The van der Waals surface area contributed by atoms with Crippen LogP contribution in [0.25, 0.3) is 0 Å². The molecule has 0 saturated heterocycles.